The molecule has 0 spiro atoms. The number of nitrogens with zero attached hydrogens (tertiary/aromatic N) is 7. The molecular formula is C19H25N7O2S. The Bertz CT molecular complexity index is 1180. The van der Waals surface area contributed by atoms with E-state index in [9.17, 15) is 0 Å². The van der Waals surface area contributed by atoms with Gasteiger partial charge in [0.2, 0.25) is 5.95 Å². The Kier molecular flexibility index (Phi) is 3.70. The van der Waals surface area contributed by atoms with Crippen LogP contribution in [0.4, 0.5) is 5.95 Å². The molecule has 0 aliphatic carbocycles. The molecule has 1 aliphatic heterocycles. The zero-order chi connectivity index (χ0) is 25.5. The molecule has 29 heavy (non-hydrogen) atoms. The van der Waals surface area contributed by atoms with E-state index in [1.54, 1.807) is 14.2 Å². The van der Waals surface area contributed by atoms with Crippen LogP contribution in [0, 0.1) is 0 Å². The molecule has 0 saturated carbocycles. The number of fused-ring (bicyclic) bond motifs is 1. The van der Waals surface area contributed by atoms with Crippen molar-refractivity contribution in [3.63, 3.8) is 0 Å². The second kappa shape index (κ2) is 7.96. The van der Waals surface area contributed by atoms with Crippen molar-refractivity contribution in [1.82, 2.24) is 29.0 Å². The molecule has 0 amide bonds. The van der Waals surface area contributed by atoms with Crippen LogP contribution in [0.2, 0.25) is 0 Å². The first-order chi connectivity index (χ1) is 16.4. The third-order valence-corrected chi connectivity index (χ3v) is 5.69. The first kappa shape index (κ1) is 13.5. The summed E-state index contributed by atoms with van der Waals surface area (Å²) >= 11 is 0.886. The number of aromatic nitrogens is 5. The molecule has 1 atom stereocenters. The molecule has 0 saturated heterocycles. The topological polar surface area (TPSA) is 81.4 Å². The van der Waals surface area contributed by atoms with Gasteiger partial charge in [0.1, 0.15) is 11.5 Å². The Balaban J connectivity index is 1.58. The summed E-state index contributed by atoms with van der Waals surface area (Å²) in [7, 11) is 3.23. The van der Waals surface area contributed by atoms with Crippen LogP contribution in [-0.2, 0) is 13.1 Å². The largest absolute Gasteiger partial charge is 0.497 e. The molecule has 0 unspecified atom stereocenters. The quantitative estimate of drug-likeness (QED) is 0.600. The number of hydrogen-bond donors (Lipinski definition) is 0. The van der Waals surface area contributed by atoms with Crippen molar-refractivity contribution in [3.05, 3.63) is 29.6 Å². The lowest BCUT2D eigenvalue weighted by atomic mass is 10.1. The maximum absolute atomic E-state index is 7.58. The van der Waals surface area contributed by atoms with Gasteiger partial charge < -0.3 is 18.9 Å². The predicted molar refractivity (Wildman–Crippen MR) is 112 cm³/mol. The summed E-state index contributed by atoms with van der Waals surface area (Å²) in [4.78, 5) is 6.70. The molecule has 9 nitrogen and oxygen atoms in total. The predicted octanol–water partition coefficient (Wildman–Crippen LogP) is 2.46. The highest BCUT2D eigenvalue weighted by Crippen LogP contribution is 2.33. The normalized spacial score (nSPS) is 20.4. The third kappa shape index (κ3) is 3.65. The molecule has 0 fully saturated rings. The van der Waals surface area contributed by atoms with Gasteiger partial charge in [-0.25, -0.2) is 0 Å². The smallest absolute Gasteiger partial charge is 0.237 e. The Labute approximate surface area is 182 Å². The summed E-state index contributed by atoms with van der Waals surface area (Å²) in [5, 5.41) is 8.92. The molecule has 3 aromatic rings. The second-order valence-electron chi connectivity index (χ2n) is 6.59. The van der Waals surface area contributed by atoms with Crippen LogP contribution < -0.4 is 14.4 Å². The molecule has 3 heterocycles. The molecule has 154 valence electrons. The van der Waals surface area contributed by atoms with Crippen LogP contribution in [0.25, 0.3) is 10.8 Å². The summed E-state index contributed by atoms with van der Waals surface area (Å²) < 4.78 is 62.2. The van der Waals surface area contributed by atoms with Crippen molar-refractivity contribution in [2.75, 3.05) is 39.6 Å². The van der Waals surface area contributed by atoms with Crippen LogP contribution >= 0.6 is 11.5 Å². The van der Waals surface area contributed by atoms with Crippen molar-refractivity contribution >= 4 is 17.5 Å². The standard InChI is InChI=1S/C19H25N7O2S/c1-12-16-21-22-17(18-20-19(23-29-18)24(2)3)26(16)9-8-25(12)11-13-6-7-14(27-4)10-15(13)28-5/h6-7,10,12H,8-9,11H2,1-5H3/t12-/m1/s1/i2D3,3D3. The molecule has 4 rings (SSSR count). The fourth-order valence-electron chi connectivity index (χ4n) is 3.40. The van der Waals surface area contributed by atoms with E-state index >= 15 is 0 Å². The number of anilines is 1. The van der Waals surface area contributed by atoms with E-state index in [2.05, 4.69) is 24.5 Å². The molecule has 1 aromatic carbocycles. The van der Waals surface area contributed by atoms with E-state index in [0.717, 1.165) is 28.7 Å². The third-order valence-electron chi connectivity index (χ3n) is 4.99. The number of rotatable bonds is 6. The van der Waals surface area contributed by atoms with Gasteiger partial charge in [0, 0.05) is 53.4 Å². The van der Waals surface area contributed by atoms with E-state index in [-0.39, 0.29) is 16.9 Å². The van der Waals surface area contributed by atoms with E-state index < -0.39 is 14.0 Å². The van der Waals surface area contributed by atoms with E-state index in [1.165, 1.54) is 0 Å². The van der Waals surface area contributed by atoms with Crippen molar-refractivity contribution in [3.8, 4) is 22.3 Å². The summed E-state index contributed by atoms with van der Waals surface area (Å²) in [6.07, 6.45) is 0. The Hall–Kier alpha value is -2.72. The Morgan fingerprint density at radius 3 is 2.86 bits per heavy atom. The van der Waals surface area contributed by atoms with Gasteiger partial charge in [0.25, 0.3) is 0 Å². The average molecular weight is 422 g/mol. The monoisotopic (exact) mass is 421 g/mol. The van der Waals surface area contributed by atoms with Crippen LogP contribution in [-0.4, -0.2) is 63.7 Å². The van der Waals surface area contributed by atoms with Gasteiger partial charge in [-0.1, -0.05) is 6.07 Å². The van der Waals surface area contributed by atoms with Crippen molar-refractivity contribution in [2.24, 2.45) is 0 Å². The average Bonchev–Trinajstić information content (AvgIpc) is 3.41. The maximum atomic E-state index is 7.58. The SMILES string of the molecule is [2H]C([2H])([2H])N(c1nsc(-c2nnc3n2CCN(Cc2ccc(OC)cc2OC)[C@@H]3C)n1)C([2H])([2H])[2H]. The summed E-state index contributed by atoms with van der Waals surface area (Å²) in [6, 6.07) is 5.63. The van der Waals surface area contributed by atoms with Gasteiger partial charge in [-0.15, -0.1) is 10.2 Å². The molecule has 0 N–H and O–H groups in total. The lowest BCUT2D eigenvalue weighted by molar-refractivity contribution is 0.155. The maximum Gasteiger partial charge on any atom is 0.237 e. The zero-order valence-corrected chi connectivity index (χ0v) is 17.1. The van der Waals surface area contributed by atoms with Gasteiger partial charge in [-0.05, 0) is 24.5 Å². The van der Waals surface area contributed by atoms with Gasteiger partial charge in [0.15, 0.2) is 16.7 Å². The molecule has 0 bridgehead atoms. The molecule has 0 radical (unpaired) electrons. The number of methoxy groups -OCH3 is 2. The van der Waals surface area contributed by atoms with Crippen LogP contribution in [0.1, 0.15) is 32.6 Å². The number of benzene rings is 1. The van der Waals surface area contributed by atoms with Gasteiger partial charge in [-0.3, -0.25) is 4.90 Å². The van der Waals surface area contributed by atoms with E-state index in [0.29, 0.717) is 36.2 Å². The highest BCUT2D eigenvalue weighted by molar-refractivity contribution is 7.09. The minimum atomic E-state index is -2.93. The van der Waals surface area contributed by atoms with Crippen molar-refractivity contribution in [1.29, 1.82) is 0 Å². The van der Waals surface area contributed by atoms with Gasteiger partial charge in [-0.2, -0.15) is 9.36 Å². The van der Waals surface area contributed by atoms with Crippen LogP contribution in [0.3, 0.4) is 0 Å². The summed E-state index contributed by atoms with van der Waals surface area (Å²) in [5.74, 6) is 2.21. The van der Waals surface area contributed by atoms with E-state index in [4.69, 9.17) is 17.7 Å². The molecule has 1 aliphatic rings. The zero-order valence-electron chi connectivity index (χ0n) is 22.3. The summed E-state index contributed by atoms with van der Waals surface area (Å²) in [5.41, 5.74) is 1.01. The first-order valence-electron chi connectivity index (χ1n) is 12.0. The lowest BCUT2D eigenvalue weighted by Gasteiger charge is -2.33. The minimum Gasteiger partial charge on any atom is -0.497 e. The van der Waals surface area contributed by atoms with Crippen LogP contribution in [0.15, 0.2) is 18.2 Å². The van der Waals surface area contributed by atoms with Gasteiger partial charge >= 0.3 is 0 Å². The molecule has 2 aromatic heterocycles. The molecule has 10 heteroatoms. The number of hydrogen-bond acceptors (Lipinski definition) is 9. The minimum absolute atomic E-state index is 0.0783. The fourth-order valence-corrected chi connectivity index (χ4v) is 4.05. The Morgan fingerprint density at radius 2 is 2.10 bits per heavy atom. The van der Waals surface area contributed by atoms with Crippen LogP contribution in [0.5, 0.6) is 11.5 Å². The Morgan fingerprint density at radius 1 is 1.24 bits per heavy atom. The first-order valence-corrected chi connectivity index (χ1v) is 9.74. The van der Waals surface area contributed by atoms with Gasteiger partial charge in [0.05, 0.1) is 20.3 Å². The summed E-state index contributed by atoms with van der Waals surface area (Å²) in [6.45, 7) is -1.94. The molecular weight excluding hydrogens is 390 g/mol. The van der Waals surface area contributed by atoms with Crippen molar-refractivity contribution < 1.29 is 17.7 Å². The second-order valence-corrected chi connectivity index (χ2v) is 7.34. The van der Waals surface area contributed by atoms with Crippen molar-refractivity contribution in [2.45, 2.75) is 26.1 Å². The highest BCUT2D eigenvalue weighted by Gasteiger charge is 2.30. The lowest BCUT2D eigenvalue weighted by Crippen LogP contribution is -2.36. The highest BCUT2D eigenvalue weighted by atomic mass is 32.1. The fraction of sp³-hybridized carbons (Fsp3) is 0.474. The van der Waals surface area contributed by atoms with E-state index in [1.807, 2.05) is 29.7 Å². The number of ether oxygens (including phenoxy) is 2.